The van der Waals surface area contributed by atoms with Gasteiger partial charge in [0.15, 0.2) is 5.82 Å². The van der Waals surface area contributed by atoms with Crippen LogP contribution in [-0.2, 0) is 4.79 Å². The van der Waals surface area contributed by atoms with Crippen LogP contribution in [-0.4, -0.2) is 74.3 Å². The number of phenols is 2. The maximum Gasteiger partial charge on any atom is 0.354 e. The number of hydrogen-bond acceptors (Lipinski definition) is 8. The SMILES string of the molecule is C=CC(=O)N1CC2CCN(C)c3c(Cl)c(-c4c(O)cccc4O)c(F)c4c3c(nc(=O)n4-c3c(C)ccnc3C(C)C)N2CC1C. The highest BCUT2D eigenvalue weighted by molar-refractivity contribution is 6.38. The Kier molecular flexibility index (Phi) is 7.92. The lowest BCUT2D eigenvalue weighted by molar-refractivity contribution is -0.128. The van der Waals surface area contributed by atoms with Crippen molar-refractivity contribution in [2.75, 3.05) is 36.5 Å². The minimum Gasteiger partial charge on any atom is -0.507 e. The summed E-state index contributed by atoms with van der Waals surface area (Å²) in [7, 11) is 1.81. The number of rotatable bonds is 4. The first-order valence-electron chi connectivity index (χ1n) is 15.2. The summed E-state index contributed by atoms with van der Waals surface area (Å²) in [5, 5.41) is 22.1. The Morgan fingerprint density at radius 3 is 2.50 bits per heavy atom. The van der Waals surface area contributed by atoms with Crippen LogP contribution >= 0.6 is 11.6 Å². The molecule has 1 amide bonds. The number of fused-ring (bicyclic) bond motifs is 2. The van der Waals surface area contributed by atoms with E-state index in [2.05, 4.69) is 16.5 Å². The molecule has 0 bridgehead atoms. The number of aryl methyl sites for hydroxylation is 1. The van der Waals surface area contributed by atoms with Crippen molar-refractivity contribution in [2.45, 2.75) is 52.1 Å². The van der Waals surface area contributed by atoms with E-state index in [1.807, 2.05) is 44.5 Å². The molecule has 0 aliphatic carbocycles. The second kappa shape index (κ2) is 11.6. The number of anilines is 2. The van der Waals surface area contributed by atoms with Crippen LogP contribution < -0.4 is 15.5 Å². The van der Waals surface area contributed by atoms with E-state index in [9.17, 15) is 19.8 Å². The number of carbonyl (C=O) groups excluding carboxylic acids is 1. The van der Waals surface area contributed by atoms with Gasteiger partial charge in [0.25, 0.3) is 0 Å². The monoisotopic (exact) mass is 646 g/mol. The molecular formula is C34H36ClFN6O4. The molecule has 0 saturated carbocycles. The van der Waals surface area contributed by atoms with Gasteiger partial charge in [0.05, 0.1) is 33.0 Å². The van der Waals surface area contributed by atoms with Crippen molar-refractivity contribution in [1.82, 2.24) is 19.4 Å². The lowest BCUT2D eigenvalue weighted by Crippen LogP contribution is -2.60. The molecule has 2 aliphatic rings. The quantitative estimate of drug-likeness (QED) is 0.279. The third-order valence-corrected chi connectivity index (χ3v) is 9.48. The number of carbonyl (C=O) groups is 1. The van der Waals surface area contributed by atoms with Crippen molar-refractivity contribution in [2.24, 2.45) is 0 Å². The Hall–Kier alpha value is -4.64. The van der Waals surface area contributed by atoms with Gasteiger partial charge in [-0.2, -0.15) is 4.98 Å². The predicted molar refractivity (Wildman–Crippen MR) is 178 cm³/mol. The molecular weight excluding hydrogens is 611 g/mol. The summed E-state index contributed by atoms with van der Waals surface area (Å²) in [6.07, 6.45) is 3.51. The molecule has 6 rings (SSSR count). The second-order valence-corrected chi connectivity index (χ2v) is 12.8. The largest absolute Gasteiger partial charge is 0.507 e. The maximum absolute atomic E-state index is 17.5. The molecule has 240 valence electrons. The standard InChI is InChI=1S/C34H36ClFN6O4/c1-7-23(45)40-16-20-12-14-39(6)31-26-32(28(36)25(27(31)35)24-21(43)9-8-10-22(24)44)42(30-18(4)11-13-37-29(30)17(2)3)34(46)38-33(26)41(20)15-19(40)5/h7-11,13,17,19-20,43-44H,1,12,14-16H2,2-6H3. The van der Waals surface area contributed by atoms with Crippen molar-refractivity contribution >= 4 is 39.9 Å². The van der Waals surface area contributed by atoms with Gasteiger partial charge in [-0.1, -0.05) is 38.1 Å². The van der Waals surface area contributed by atoms with Crippen molar-refractivity contribution < 1.29 is 19.4 Å². The molecule has 4 aromatic rings. The second-order valence-electron chi connectivity index (χ2n) is 12.4. The van der Waals surface area contributed by atoms with Crippen LogP contribution in [0.25, 0.3) is 27.7 Å². The summed E-state index contributed by atoms with van der Waals surface area (Å²) in [6.45, 7) is 12.4. The summed E-state index contributed by atoms with van der Waals surface area (Å²) in [5.74, 6) is -1.72. The van der Waals surface area contributed by atoms with Gasteiger partial charge in [-0.25, -0.2) is 9.18 Å². The summed E-state index contributed by atoms with van der Waals surface area (Å²) < 4.78 is 18.8. The Balaban J connectivity index is 1.80. The first kappa shape index (κ1) is 31.3. The van der Waals surface area contributed by atoms with Crippen LogP contribution in [0.2, 0.25) is 5.02 Å². The summed E-state index contributed by atoms with van der Waals surface area (Å²) in [6, 6.07) is 5.37. The molecule has 2 N–H and O–H groups in total. The first-order valence-corrected chi connectivity index (χ1v) is 15.6. The third kappa shape index (κ3) is 4.76. The smallest absolute Gasteiger partial charge is 0.354 e. The number of halogens is 2. The van der Waals surface area contributed by atoms with E-state index in [1.165, 1.54) is 28.8 Å². The van der Waals surface area contributed by atoms with Crippen LogP contribution in [0.5, 0.6) is 11.5 Å². The highest BCUT2D eigenvalue weighted by Crippen LogP contribution is 2.51. The Bertz CT molecular complexity index is 1960. The number of hydrogen-bond donors (Lipinski definition) is 2. The molecule has 2 aromatic carbocycles. The van der Waals surface area contributed by atoms with Crippen LogP contribution in [0, 0.1) is 12.7 Å². The van der Waals surface area contributed by atoms with Gasteiger partial charge in [-0.05, 0) is 56.0 Å². The Morgan fingerprint density at radius 1 is 1.15 bits per heavy atom. The average molecular weight is 647 g/mol. The minimum absolute atomic E-state index is 0.0449. The average Bonchev–Trinajstić information content (AvgIpc) is 3.00. The van der Waals surface area contributed by atoms with Crippen molar-refractivity contribution in [3.05, 3.63) is 75.7 Å². The molecule has 2 aromatic heterocycles. The number of aromatic nitrogens is 3. The van der Waals surface area contributed by atoms with E-state index in [4.69, 9.17) is 11.6 Å². The van der Waals surface area contributed by atoms with E-state index in [1.54, 1.807) is 17.2 Å². The van der Waals surface area contributed by atoms with E-state index in [0.29, 0.717) is 54.1 Å². The van der Waals surface area contributed by atoms with Gasteiger partial charge in [-0.3, -0.25) is 14.3 Å². The molecule has 2 aliphatic heterocycles. The molecule has 46 heavy (non-hydrogen) atoms. The zero-order chi connectivity index (χ0) is 33.2. The Labute approximate surface area is 271 Å². The molecule has 1 fully saturated rings. The summed E-state index contributed by atoms with van der Waals surface area (Å²) in [5.41, 5.74) is 0.802. The number of phenolic OH excluding ortho intramolecular Hbond substituents is 2. The number of aromatic hydroxyl groups is 2. The first-order chi connectivity index (χ1) is 21.9. The van der Waals surface area contributed by atoms with E-state index in [0.717, 1.165) is 0 Å². The summed E-state index contributed by atoms with van der Waals surface area (Å²) in [4.78, 5) is 41.9. The normalized spacial score (nSPS) is 18.0. The molecule has 0 spiro atoms. The fraction of sp³-hybridized carbons (Fsp3) is 0.353. The van der Waals surface area contributed by atoms with E-state index >= 15 is 4.39 Å². The Morgan fingerprint density at radius 2 is 1.85 bits per heavy atom. The molecule has 2 unspecified atom stereocenters. The molecule has 1 saturated heterocycles. The van der Waals surface area contributed by atoms with Crippen LogP contribution in [0.1, 0.15) is 44.4 Å². The topological polar surface area (TPSA) is 115 Å². The van der Waals surface area contributed by atoms with Crippen molar-refractivity contribution in [1.29, 1.82) is 0 Å². The fourth-order valence-electron chi connectivity index (χ4n) is 6.86. The van der Waals surface area contributed by atoms with Crippen molar-refractivity contribution in [3.8, 4) is 28.3 Å². The molecule has 10 nitrogen and oxygen atoms in total. The number of amides is 1. The molecule has 2 atom stereocenters. The van der Waals surface area contributed by atoms with Crippen LogP contribution in [0.4, 0.5) is 15.9 Å². The van der Waals surface area contributed by atoms with Crippen LogP contribution in [0.3, 0.4) is 0 Å². The molecule has 0 radical (unpaired) electrons. The maximum atomic E-state index is 17.5. The van der Waals surface area contributed by atoms with Gasteiger partial charge in [0.2, 0.25) is 5.91 Å². The zero-order valence-electron chi connectivity index (χ0n) is 26.4. The lowest BCUT2D eigenvalue weighted by Gasteiger charge is -2.47. The molecule has 12 heteroatoms. The zero-order valence-corrected chi connectivity index (χ0v) is 27.1. The highest BCUT2D eigenvalue weighted by Gasteiger charge is 2.40. The van der Waals surface area contributed by atoms with E-state index < -0.39 is 11.5 Å². The van der Waals surface area contributed by atoms with Crippen LogP contribution in [0.15, 0.2) is 47.9 Å². The molecule has 4 heterocycles. The minimum atomic E-state index is -0.904. The number of piperazine rings is 1. The fourth-order valence-corrected chi connectivity index (χ4v) is 7.28. The lowest BCUT2D eigenvalue weighted by atomic mass is 9.95. The summed E-state index contributed by atoms with van der Waals surface area (Å²) >= 11 is 7.12. The van der Waals surface area contributed by atoms with Gasteiger partial charge in [0.1, 0.15) is 22.8 Å². The van der Waals surface area contributed by atoms with Crippen molar-refractivity contribution in [3.63, 3.8) is 0 Å². The van der Waals surface area contributed by atoms with Gasteiger partial charge < -0.3 is 24.9 Å². The van der Waals surface area contributed by atoms with Gasteiger partial charge in [0, 0.05) is 50.5 Å². The predicted octanol–water partition coefficient (Wildman–Crippen LogP) is 5.51. The third-order valence-electron chi connectivity index (χ3n) is 9.11. The number of pyridine rings is 1. The number of nitrogens with zero attached hydrogens (tertiary/aromatic N) is 6. The number of benzene rings is 2. The van der Waals surface area contributed by atoms with E-state index in [-0.39, 0.29) is 62.9 Å². The van der Waals surface area contributed by atoms with Gasteiger partial charge >= 0.3 is 5.69 Å². The highest BCUT2D eigenvalue weighted by atomic mass is 35.5. The van der Waals surface area contributed by atoms with Gasteiger partial charge in [-0.15, -0.1) is 0 Å².